The Hall–Kier alpha value is -0.850. The maximum absolute atomic E-state index is 12.8. The number of halogens is 1. The number of rotatable bonds is 5. The Morgan fingerprint density at radius 3 is 2.54 bits per heavy atom. The van der Waals surface area contributed by atoms with Crippen LogP contribution in [-0.2, 0) is 9.59 Å². The maximum Gasteiger partial charge on any atom is 0.239 e. The third-order valence-electron chi connectivity index (χ3n) is 6.07. The summed E-state index contributed by atoms with van der Waals surface area (Å²) in [5.74, 6) is 0.891. The van der Waals surface area contributed by atoms with E-state index in [-0.39, 0.29) is 30.4 Å². The van der Waals surface area contributed by atoms with E-state index in [1.807, 2.05) is 4.90 Å². The number of carbonyl (C=O) groups is 2. The van der Waals surface area contributed by atoms with Crippen molar-refractivity contribution in [2.45, 2.75) is 64.0 Å². The number of amides is 2. The summed E-state index contributed by atoms with van der Waals surface area (Å²) in [5, 5.41) is 6.37. The molecule has 3 atom stereocenters. The van der Waals surface area contributed by atoms with E-state index in [0.29, 0.717) is 11.8 Å². The fourth-order valence-electron chi connectivity index (χ4n) is 4.43. The van der Waals surface area contributed by atoms with Crippen LogP contribution in [0.3, 0.4) is 0 Å². The van der Waals surface area contributed by atoms with Gasteiger partial charge in [-0.2, -0.15) is 0 Å². The number of piperidine rings is 2. The molecule has 3 heterocycles. The molecule has 3 fully saturated rings. The second kappa shape index (κ2) is 10.5. The van der Waals surface area contributed by atoms with E-state index in [9.17, 15) is 9.59 Å². The molecule has 3 rings (SSSR count). The normalized spacial score (nSPS) is 28.3. The van der Waals surface area contributed by atoms with Gasteiger partial charge in [0.2, 0.25) is 11.8 Å². The van der Waals surface area contributed by atoms with Crippen molar-refractivity contribution in [3.05, 3.63) is 0 Å². The zero-order chi connectivity index (χ0) is 17.6. The minimum Gasteiger partial charge on any atom is -0.354 e. The van der Waals surface area contributed by atoms with Gasteiger partial charge in [0, 0.05) is 26.2 Å². The first-order chi connectivity index (χ1) is 12.1. The molecule has 0 aromatic rings. The molecule has 3 unspecified atom stereocenters. The molecule has 0 radical (unpaired) electrons. The SMILES string of the molecule is CC(C(=O)N1CCCCC1)N1CCCC(CNC(=O)C2CCCN2)C1.Cl. The monoisotopic (exact) mass is 386 g/mol. The molecule has 3 aliphatic rings. The molecule has 0 aliphatic carbocycles. The van der Waals surface area contributed by atoms with Gasteiger partial charge in [-0.1, -0.05) is 0 Å². The van der Waals surface area contributed by atoms with Crippen LogP contribution in [0.25, 0.3) is 0 Å². The zero-order valence-electron chi connectivity index (χ0n) is 16.0. The summed E-state index contributed by atoms with van der Waals surface area (Å²) in [6, 6.07) is -0.0348. The average Bonchev–Trinajstić information content (AvgIpc) is 3.21. The molecule has 0 aromatic carbocycles. The number of nitrogens with zero attached hydrogens (tertiary/aromatic N) is 2. The predicted molar refractivity (Wildman–Crippen MR) is 105 cm³/mol. The summed E-state index contributed by atoms with van der Waals surface area (Å²) in [7, 11) is 0. The molecule has 26 heavy (non-hydrogen) atoms. The number of hydrogen-bond donors (Lipinski definition) is 2. The average molecular weight is 387 g/mol. The van der Waals surface area contributed by atoms with Crippen molar-refractivity contribution < 1.29 is 9.59 Å². The van der Waals surface area contributed by atoms with Gasteiger partial charge < -0.3 is 15.5 Å². The van der Waals surface area contributed by atoms with E-state index in [1.54, 1.807) is 0 Å². The van der Waals surface area contributed by atoms with E-state index in [4.69, 9.17) is 0 Å². The number of likely N-dealkylation sites (tertiary alicyclic amines) is 2. The van der Waals surface area contributed by atoms with Gasteiger partial charge in [0.05, 0.1) is 12.1 Å². The van der Waals surface area contributed by atoms with Gasteiger partial charge >= 0.3 is 0 Å². The van der Waals surface area contributed by atoms with Crippen LogP contribution in [-0.4, -0.2) is 73.0 Å². The van der Waals surface area contributed by atoms with Gasteiger partial charge in [0.15, 0.2) is 0 Å². The highest BCUT2D eigenvalue weighted by Gasteiger charge is 2.31. The Morgan fingerprint density at radius 2 is 1.85 bits per heavy atom. The van der Waals surface area contributed by atoms with Gasteiger partial charge in [-0.15, -0.1) is 12.4 Å². The summed E-state index contributed by atoms with van der Waals surface area (Å²) < 4.78 is 0. The Bertz CT molecular complexity index is 464. The van der Waals surface area contributed by atoms with Gasteiger partial charge in [0.25, 0.3) is 0 Å². The van der Waals surface area contributed by atoms with Crippen molar-refractivity contribution in [3.8, 4) is 0 Å². The largest absolute Gasteiger partial charge is 0.354 e. The molecule has 3 aliphatic heterocycles. The summed E-state index contributed by atoms with van der Waals surface area (Å²) in [4.78, 5) is 29.3. The summed E-state index contributed by atoms with van der Waals surface area (Å²) in [6.07, 6.45) is 7.82. The molecule has 6 nitrogen and oxygen atoms in total. The highest BCUT2D eigenvalue weighted by atomic mass is 35.5. The molecule has 150 valence electrons. The predicted octanol–water partition coefficient (Wildman–Crippen LogP) is 1.39. The van der Waals surface area contributed by atoms with Crippen molar-refractivity contribution >= 4 is 24.2 Å². The van der Waals surface area contributed by atoms with Gasteiger partial charge in [-0.25, -0.2) is 0 Å². The first-order valence-corrected chi connectivity index (χ1v) is 10.2. The number of hydrogen-bond acceptors (Lipinski definition) is 4. The van der Waals surface area contributed by atoms with E-state index in [2.05, 4.69) is 22.5 Å². The lowest BCUT2D eigenvalue weighted by Crippen LogP contribution is -2.52. The molecular formula is C19H35ClN4O2. The molecular weight excluding hydrogens is 352 g/mol. The van der Waals surface area contributed by atoms with E-state index in [1.165, 1.54) is 6.42 Å². The summed E-state index contributed by atoms with van der Waals surface area (Å²) in [6.45, 7) is 7.49. The van der Waals surface area contributed by atoms with Gasteiger partial charge in [0.1, 0.15) is 0 Å². The molecule has 0 aromatic heterocycles. The molecule has 0 bridgehead atoms. The van der Waals surface area contributed by atoms with Gasteiger partial charge in [-0.3, -0.25) is 14.5 Å². The van der Waals surface area contributed by atoms with Crippen molar-refractivity contribution in [1.82, 2.24) is 20.4 Å². The van der Waals surface area contributed by atoms with Crippen LogP contribution in [0.5, 0.6) is 0 Å². The van der Waals surface area contributed by atoms with Crippen LogP contribution in [0.4, 0.5) is 0 Å². The Labute approximate surface area is 163 Å². The third kappa shape index (κ3) is 5.57. The molecule has 2 N–H and O–H groups in total. The third-order valence-corrected chi connectivity index (χ3v) is 6.07. The van der Waals surface area contributed by atoms with Crippen molar-refractivity contribution in [2.75, 3.05) is 39.3 Å². The van der Waals surface area contributed by atoms with Crippen molar-refractivity contribution in [1.29, 1.82) is 0 Å². The second-order valence-electron chi connectivity index (χ2n) is 7.96. The smallest absolute Gasteiger partial charge is 0.239 e. The first-order valence-electron chi connectivity index (χ1n) is 10.2. The molecule has 0 spiro atoms. The van der Waals surface area contributed by atoms with Crippen LogP contribution >= 0.6 is 12.4 Å². The molecule has 0 saturated carbocycles. The first kappa shape index (κ1) is 21.5. The highest BCUT2D eigenvalue weighted by Crippen LogP contribution is 2.20. The molecule has 7 heteroatoms. The second-order valence-corrected chi connectivity index (χ2v) is 7.96. The fourth-order valence-corrected chi connectivity index (χ4v) is 4.43. The fraction of sp³-hybridized carbons (Fsp3) is 0.895. The quantitative estimate of drug-likeness (QED) is 0.749. The van der Waals surface area contributed by atoms with Crippen molar-refractivity contribution in [3.63, 3.8) is 0 Å². The topological polar surface area (TPSA) is 64.7 Å². The van der Waals surface area contributed by atoms with E-state index < -0.39 is 0 Å². The number of carbonyl (C=O) groups excluding carboxylic acids is 2. The zero-order valence-corrected chi connectivity index (χ0v) is 16.9. The van der Waals surface area contributed by atoms with Gasteiger partial charge in [-0.05, 0) is 70.9 Å². The lowest BCUT2D eigenvalue weighted by molar-refractivity contribution is -0.138. The van der Waals surface area contributed by atoms with Crippen LogP contribution < -0.4 is 10.6 Å². The minimum atomic E-state index is -0.0342. The Morgan fingerprint density at radius 1 is 1.08 bits per heavy atom. The van der Waals surface area contributed by atoms with Crippen LogP contribution in [0, 0.1) is 5.92 Å². The van der Waals surface area contributed by atoms with E-state index in [0.717, 1.165) is 77.8 Å². The highest BCUT2D eigenvalue weighted by molar-refractivity contribution is 5.85. The van der Waals surface area contributed by atoms with Crippen LogP contribution in [0.15, 0.2) is 0 Å². The van der Waals surface area contributed by atoms with E-state index >= 15 is 0 Å². The van der Waals surface area contributed by atoms with Crippen molar-refractivity contribution in [2.24, 2.45) is 5.92 Å². The minimum absolute atomic E-state index is 0. The Balaban J connectivity index is 0.00000243. The summed E-state index contributed by atoms with van der Waals surface area (Å²) >= 11 is 0. The van der Waals surface area contributed by atoms with Crippen LogP contribution in [0.1, 0.15) is 51.9 Å². The summed E-state index contributed by atoms with van der Waals surface area (Å²) in [5.41, 5.74) is 0. The number of nitrogens with one attached hydrogen (secondary N) is 2. The van der Waals surface area contributed by atoms with Crippen LogP contribution in [0.2, 0.25) is 0 Å². The standard InChI is InChI=1S/C19H34N4O2.ClH/c1-15(19(25)22-10-3-2-4-11-22)23-12-6-7-16(14-23)13-21-18(24)17-8-5-9-20-17;/h15-17,20H,2-14H2,1H3,(H,21,24);1H. The molecule has 3 saturated heterocycles. The Kier molecular flexibility index (Phi) is 8.64. The lowest BCUT2D eigenvalue weighted by Gasteiger charge is -2.39. The molecule has 2 amide bonds. The lowest BCUT2D eigenvalue weighted by atomic mass is 9.96. The maximum atomic E-state index is 12.8.